The Hall–Kier alpha value is -1.10. The fourth-order valence-electron chi connectivity index (χ4n) is 2.19. The van der Waals surface area contributed by atoms with Crippen LogP contribution in [0.25, 0.3) is 0 Å². The first-order valence-electron chi connectivity index (χ1n) is 6.92. The highest BCUT2D eigenvalue weighted by Gasteiger charge is 2.41. The zero-order chi connectivity index (χ0) is 16.4. The van der Waals surface area contributed by atoms with E-state index in [0.29, 0.717) is 12.8 Å². The molecule has 0 aliphatic heterocycles. The van der Waals surface area contributed by atoms with Gasteiger partial charge in [0.05, 0.1) is 10.8 Å². The van der Waals surface area contributed by atoms with Gasteiger partial charge in [-0.3, -0.25) is 9.59 Å². The predicted octanol–water partition coefficient (Wildman–Crippen LogP) is 2.60. The number of carbonyl (C=O) groups is 2. The molecular weight excluding hydrogens is 258 g/mol. The van der Waals surface area contributed by atoms with E-state index in [1.54, 1.807) is 27.7 Å². The first-order valence-corrected chi connectivity index (χ1v) is 6.92. The fraction of sp³-hybridized carbons (Fsp3) is 0.867. The molecule has 0 saturated heterocycles. The number of hydrogen-bond acceptors (Lipinski definition) is 3. The monoisotopic (exact) mass is 287 g/mol. The van der Waals surface area contributed by atoms with Gasteiger partial charge in [-0.05, 0) is 67.3 Å². The van der Waals surface area contributed by atoms with Gasteiger partial charge in [-0.15, -0.1) is 0 Å². The van der Waals surface area contributed by atoms with E-state index in [2.05, 4.69) is 5.32 Å². The average Bonchev–Trinajstić information content (AvgIpc) is 2.27. The number of rotatable bonds is 8. The molecule has 0 rings (SSSR count). The first-order chi connectivity index (χ1) is 8.76. The van der Waals surface area contributed by atoms with Crippen molar-refractivity contribution in [3.05, 3.63) is 0 Å². The van der Waals surface area contributed by atoms with Crippen LogP contribution < -0.4 is 5.32 Å². The van der Waals surface area contributed by atoms with E-state index >= 15 is 0 Å². The van der Waals surface area contributed by atoms with Gasteiger partial charge in [-0.25, -0.2) is 0 Å². The van der Waals surface area contributed by atoms with Crippen LogP contribution in [0.5, 0.6) is 0 Å². The smallest absolute Gasteiger partial charge is 0.309 e. The summed E-state index contributed by atoms with van der Waals surface area (Å²) in [6.07, 6.45) is 0.847. The molecule has 5 heteroatoms. The minimum absolute atomic E-state index is 0.0651. The summed E-state index contributed by atoms with van der Waals surface area (Å²) in [6, 6.07) is 0. The Balaban J connectivity index is 5.33. The van der Waals surface area contributed by atoms with Gasteiger partial charge in [0.1, 0.15) is 0 Å². The maximum Gasteiger partial charge on any atom is 0.309 e. The minimum Gasteiger partial charge on any atom is -0.481 e. The predicted molar refractivity (Wildman–Crippen MR) is 78.7 cm³/mol. The summed E-state index contributed by atoms with van der Waals surface area (Å²) in [4.78, 5) is 22.7. The van der Waals surface area contributed by atoms with Crippen LogP contribution in [0.2, 0.25) is 0 Å². The summed E-state index contributed by atoms with van der Waals surface area (Å²) in [6.45, 7) is 10.7. The Morgan fingerprint density at radius 1 is 0.900 bits per heavy atom. The molecule has 0 aromatic rings. The molecule has 0 aliphatic rings. The van der Waals surface area contributed by atoms with Crippen LogP contribution in [0.1, 0.15) is 54.4 Å². The van der Waals surface area contributed by atoms with Crippen LogP contribution in [-0.2, 0) is 9.59 Å². The quantitative estimate of drug-likeness (QED) is 0.639. The lowest BCUT2D eigenvalue weighted by atomic mass is 9.68. The van der Waals surface area contributed by atoms with Crippen molar-refractivity contribution in [2.45, 2.75) is 59.9 Å². The number of carboxylic acids is 2. The highest BCUT2D eigenvalue weighted by Crippen LogP contribution is 2.39. The average molecular weight is 287 g/mol. The van der Waals surface area contributed by atoms with Gasteiger partial charge in [0.2, 0.25) is 0 Å². The zero-order valence-electron chi connectivity index (χ0n) is 13.7. The summed E-state index contributed by atoms with van der Waals surface area (Å²) in [7, 11) is 1.81. The lowest BCUT2D eigenvalue weighted by Crippen LogP contribution is -2.48. The van der Waals surface area contributed by atoms with E-state index in [9.17, 15) is 19.8 Å². The van der Waals surface area contributed by atoms with Crippen molar-refractivity contribution < 1.29 is 19.8 Å². The van der Waals surface area contributed by atoms with Crippen molar-refractivity contribution in [1.82, 2.24) is 5.32 Å². The lowest BCUT2D eigenvalue weighted by molar-refractivity contribution is -0.150. The molecule has 0 radical (unpaired) electrons. The highest BCUT2D eigenvalue weighted by molar-refractivity contribution is 5.74. The van der Waals surface area contributed by atoms with Crippen molar-refractivity contribution in [3.8, 4) is 0 Å². The molecule has 0 heterocycles. The third kappa shape index (κ3) is 4.78. The van der Waals surface area contributed by atoms with Crippen LogP contribution in [0, 0.1) is 16.7 Å². The fourth-order valence-corrected chi connectivity index (χ4v) is 2.19. The maximum atomic E-state index is 11.3. The summed E-state index contributed by atoms with van der Waals surface area (Å²) in [5, 5.41) is 21.8. The molecule has 0 aromatic carbocycles. The van der Waals surface area contributed by atoms with E-state index in [0.717, 1.165) is 0 Å². The number of aliphatic carboxylic acids is 2. The third-order valence-electron chi connectivity index (χ3n) is 4.34. The first kappa shape index (κ1) is 18.9. The summed E-state index contributed by atoms with van der Waals surface area (Å²) < 4.78 is 0. The molecule has 0 amide bonds. The Kier molecular flexibility index (Phi) is 5.78. The van der Waals surface area contributed by atoms with Gasteiger partial charge in [0, 0.05) is 5.54 Å². The van der Waals surface area contributed by atoms with E-state index in [1.165, 1.54) is 0 Å². The van der Waals surface area contributed by atoms with Crippen molar-refractivity contribution in [2.75, 3.05) is 7.05 Å². The second-order valence-corrected chi connectivity index (χ2v) is 7.45. The molecule has 0 bridgehead atoms. The zero-order valence-corrected chi connectivity index (χ0v) is 13.7. The van der Waals surface area contributed by atoms with E-state index in [4.69, 9.17) is 0 Å². The SMILES string of the molecule is CNC(C)(C)C(CC(C)(C)C(=O)O)CC(C)(C)C(=O)O. The summed E-state index contributed by atoms with van der Waals surface area (Å²) in [5.41, 5.74) is -2.10. The Bertz CT molecular complexity index is 344. The molecule has 20 heavy (non-hydrogen) atoms. The standard InChI is InChI=1S/C15H29NO4/c1-13(2,11(17)18)8-10(15(5,6)16-7)9-14(3,4)12(19)20/h10,16H,8-9H2,1-7H3,(H,17,18)(H,19,20). The van der Waals surface area contributed by atoms with E-state index < -0.39 is 22.8 Å². The van der Waals surface area contributed by atoms with Crippen molar-refractivity contribution in [1.29, 1.82) is 0 Å². The lowest BCUT2D eigenvalue weighted by Gasteiger charge is -2.40. The molecule has 118 valence electrons. The Labute approximate surface area is 121 Å². The molecule has 3 N–H and O–H groups in total. The van der Waals surface area contributed by atoms with Gasteiger partial charge in [0.15, 0.2) is 0 Å². The Morgan fingerprint density at radius 2 is 1.20 bits per heavy atom. The molecule has 0 aromatic heterocycles. The van der Waals surface area contributed by atoms with Gasteiger partial charge in [-0.2, -0.15) is 0 Å². The van der Waals surface area contributed by atoms with Gasteiger partial charge < -0.3 is 15.5 Å². The topological polar surface area (TPSA) is 86.6 Å². The second kappa shape index (κ2) is 6.12. The van der Waals surface area contributed by atoms with Crippen LogP contribution in [0.4, 0.5) is 0 Å². The molecule has 0 aliphatic carbocycles. The second-order valence-electron chi connectivity index (χ2n) is 7.45. The largest absolute Gasteiger partial charge is 0.481 e. The molecule has 0 spiro atoms. The molecule has 0 saturated carbocycles. The summed E-state index contributed by atoms with van der Waals surface area (Å²) in [5.74, 6) is -1.78. The Morgan fingerprint density at radius 3 is 1.40 bits per heavy atom. The third-order valence-corrected chi connectivity index (χ3v) is 4.34. The number of nitrogens with one attached hydrogen (secondary N) is 1. The number of hydrogen-bond donors (Lipinski definition) is 3. The molecule has 5 nitrogen and oxygen atoms in total. The van der Waals surface area contributed by atoms with E-state index in [1.807, 2.05) is 20.9 Å². The van der Waals surface area contributed by atoms with Crippen LogP contribution in [-0.4, -0.2) is 34.7 Å². The van der Waals surface area contributed by atoms with Gasteiger partial charge in [-0.1, -0.05) is 0 Å². The molecular formula is C15H29NO4. The van der Waals surface area contributed by atoms with Crippen LogP contribution >= 0.6 is 0 Å². The van der Waals surface area contributed by atoms with Crippen LogP contribution in [0.3, 0.4) is 0 Å². The van der Waals surface area contributed by atoms with Crippen molar-refractivity contribution in [3.63, 3.8) is 0 Å². The maximum absolute atomic E-state index is 11.3. The van der Waals surface area contributed by atoms with Crippen molar-refractivity contribution >= 4 is 11.9 Å². The van der Waals surface area contributed by atoms with Gasteiger partial charge in [0.25, 0.3) is 0 Å². The van der Waals surface area contributed by atoms with Crippen molar-refractivity contribution in [2.24, 2.45) is 16.7 Å². The molecule has 0 fully saturated rings. The molecule has 0 atom stereocenters. The van der Waals surface area contributed by atoms with E-state index in [-0.39, 0.29) is 11.5 Å². The minimum atomic E-state index is -0.882. The van der Waals surface area contributed by atoms with Gasteiger partial charge >= 0.3 is 11.9 Å². The normalized spacial score (nSPS) is 13.6. The van der Waals surface area contributed by atoms with Crippen LogP contribution in [0.15, 0.2) is 0 Å². The highest BCUT2D eigenvalue weighted by atomic mass is 16.4. The number of carboxylic acid groups (broad SMARTS) is 2. The molecule has 0 unspecified atom stereocenters. The summed E-state index contributed by atoms with van der Waals surface area (Å²) >= 11 is 0.